The lowest BCUT2D eigenvalue weighted by Crippen LogP contribution is -2.51. The first kappa shape index (κ1) is 17.2. The van der Waals surface area contributed by atoms with Gasteiger partial charge >= 0.3 is 0 Å². The smallest absolute Gasteiger partial charge is 0.248 e. The standard InChI is InChI=1S/C19H33NO3/c1-19(22)12-6-5-10-16(19)17-11-7-13-20(17)18(21)14-23-15-8-3-2-4-9-15/h15-17,22H,2-14H2,1H3/t16-,17-,19-/m0/s1. The Kier molecular flexibility index (Phi) is 5.63. The van der Waals surface area contributed by atoms with E-state index in [1.807, 2.05) is 11.8 Å². The van der Waals surface area contributed by atoms with Gasteiger partial charge in [-0.05, 0) is 45.4 Å². The van der Waals surface area contributed by atoms with Crippen LogP contribution in [0.15, 0.2) is 0 Å². The molecule has 23 heavy (non-hydrogen) atoms. The Morgan fingerprint density at radius 3 is 2.57 bits per heavy atom. The highest BCUT2D eigenvalue weighted by molar-refractivity contribution is 5.78. The number of likely N-dealkylation sites (tertiary alicyclic amines) is 1. The molecule has 1 saturated heterocycles. The predicted molar refractivity (Wildman–Crippen MR) is 90.1 cm³/mol. The fourth-order valence-electron chi connectivity index (χ4n) is 4.97. The summed E-state index contributed by atoms with van der Waals surface area (Å²) in [6, 6.07) is 0.216. The summed E-state index contributed by atoms with van der Waals surface area (Å²) in [7, 11) is 0. The normalized spacial score (nSPS) is 36.3. The number of carbonyl (C=O) groups is 1. The monoisotopic (exact) mass is 323 g/mol. The van der Waals surface area contributed by atoms with E-state index in [-0.39, 0.29) is 30.6 Å². The molecular formula is C19H33NO3. The highest BCUT2D eigenvalue weighted by atomic mass is 16.5. The molecule has 3 fully saturated rings. The van der Waals surface area contributed by atoms with Gasteiger partial charge in [-0.25, -0.2) is 0 Å². The van der Waals surface area contributed by atoms with Crippen LogP contribution in [0.25, 0.3) is 0 Å². The maximum Gasteiger partial charge on any atom is 0.248 e. The molecule has 3 atom stereocenters. The molecule has 3 aliphatic rings. The van der Waals surface area contributed by atoms with Crippen molar-refractivity contribution in [3.8, 4) is 0 Å². The summed E-state index contributed by atoms with van der Waals surface area (Å²) < 4.78 is 5.89. The quantitative estimate of drug-likeness (QED) is 0.864. The molecule has 0 spiro atoms. The van der Waals surface area contributed by atoms with Crippen LogP contribution < -0.4 is 0 Å². The molecule has 2 aliphatic carbocycles. The van der Waals surface area contributed by atoms with Gasteiger partial charge in [0.2, 0.25) is 5.91 Å². The molecule has 1 amide bonds. The first-order valence-electron chi connectivity index (χ1n) is 9.71. The minimum absolute atomic E-state index is 0.138. The van der Waals surface area contributed by atoms with Crippen LogP contribution in [0.5, 0.6) is 0 Å². The van der Waals surface area contributed by atoms with E-state index in [2.05, 4.69) is 0 Å². The minimum Gasteiger partial charge on any atom is -0.390 e. The first-order chi connectivity index (χ1) is 11.1. The summed E-state index contributed by atoms with van der Waals surface area (Å²) in [6.45, 7) is 3.04. The van der Waals surface area contributed by atoms with Gasteiger partial charge in [-0.1, -0.05) is 32.1 Å². The summed E-state index contributed by atoms with van der Waals surface area (Å²) in [5.74, 6) is 0.372. The van der Waals surface area contributed by atoms with Crippen LogP contribution in [0.1, 0.15) is 77.6 Å². The van der Waals surface area contributed by atoms with Gasteiger partial charge in [-0.3, -0.25) is 4.79 Å². The van der Waals surface area contributed by atoms with E-state index in [9.17, 15) is 9.90 Å². The van der Waals surface area contributed by atoms with Crippen LogP contribution in [-0.2, 0) is 9.53 Å². The number of nitrogens with zero attached hydrogens (tertiary/aromatic N) is 1. The highest BCUT2D eigenvalue weighted by Crippen LogP contribution is 2.40. The largest absolute Gasteiger partial charge is 0.390 e. The molecule has 1 heterocycles. The fourth-order valence-corrected chi connectivity index (χ4v) is 4.97. The fraction of sp³-hybridized carbons (Fsp3) is 0.947. The average molecular weight is 323 g/mol. The topological polar surface area (TPSA) is 49.8 Å². The number of hydrogen-bond acceptors (Lipinski definition) is 3. The van der Waals surface area contributed by atoms with Crippen LogP contribution >= 0.6 is 0 Å². The van der Waals surface area contributed by atoms with Crippen molar-refractivity contribution < 1.29 is 14.6 Å². The van der Waals surface area contributed by atoms with E-state index in [0.717, 1.165) is 51.5 Å². The lowest BCUT2D eigenvalue weighted by molar-refractivity contribution is -0.144. The number of aliphatic hydroxyl groups is 1. The van der Waals surface area contributed by atoms with Gasteiger partial charge in [0, 0.05) is 18.5 Å². The van der Waals surface area contributed by atoms with E-state index < -0.39 is 5.60 Å². The van der Waals surface area contributed by atoms with Crippen molar-refractivity contribution in [2.24, 2.45) is 5.92 Å². The first-order valence-corrected chi connectivity index (χ1v) is 9.71. The van der Waals surface area contributed by atoms with Crippen molar-refractivity contribution in [3.05, 3.63) is 0 Å². The third kappa shape index (κ3) is 4.08. The second-order valence-corrected chi connectivity index (χ2v) is 8.08. The molecule has 1 aliphatic heterocycles. The zero-order valence-electron chi connectivity index (χ0n) is 14.6. The van der Waals surface area contributed by atoms with Crippen molar-refractivity contribution in [1.29, 1.82) is 0 Å². The molecular weight excluding hydrogens is 290 g/mol. The van der Waals surface area contributed by atoms with Crippen LogP contribution in [-0.4, -0.2) is 46.8 Å². The van der Waals surface area contributed by atoms with Gasteiger partial charge in [0.25, 0.3) is 0 Å². The Balaban J connectivity index is 1.56. The van der Waals surface area contributed by atoms with Gasteiger partial charge in [0.1, 0.15) is 6.61 Å². The zero-order valence-corrected chi connectivity index (χ0v) is 14.6. The van der Waals surface area contributed by atoms with Crippen molar-refractivity contribution in [2.45, 2.75) is 95.3 Å². The Hall–Kier alpha value is -0.610. The summed E-state index contributed by atoms with van der Waals surface area (Å²) in [5, 5.41) is 10.8. The summed E-state index contributed by atoms with van der Waals surface area (Å²) in [6.07, 6.45) is 12.6. The Morgan fingerprint density at radius 1 is 1.09 bits per heavy atom. The second kappa shape index (κ2) is 7.52. The molecule has 0 bridgehead atoms. The van der Waals surface area contributed by atoms with Crippen molar-refractivity contribution in [1.82, 2.24) is 4.90 Å². The average Bonchev–Trinajstić information content (AvgIpc) is 3.02. The van der Waals surface area contributed by atoms with E-state index >= 15 is 0 Å². The van der Waals surface area contributed by atoms with Crippen LogP contribution in [0.2, 0.25) is 0 Å². The van der Waals surface area contributed by atoms with Gasteiger partial charge in [0.05, 0.1) is 11.7 Å². The number of hydrogen-bond donors (Lipinski definition) is 1. The Morgan fingerprint density at radius 2 is 1.83 bits per heavy atom. The maximum absolute atomic E-state index is 12.7. The van der Waals surface area contributed by atoms with Crippen LogP contribution in [0.4, 0.5) is 0 Å². The third-order valence-electron chi connectivity index (χ3n) is 6.33. The molecule has 4 nitrogen and oxygen atoms in total. The summed E-state index contributed by atoms with van der Waals surface area (Å²) in [4.78, 5) is 14.7. The van der Waals surface area contributed by atoms with Crippen LogP contribution in [0.3, 0.4) is 0 Å². The number of rotatable bonds is 4. The van der Waals surface area contributed by atoms with Gasteiger partial charge < -0.3 is 14.7 Å². The van der Waals surface area contributed by atoms with Gasteiger partial charge in [-0.2, -0.15) is 0 Å². The Labute approximate surface area is 140 Å². The number of amides is 1. The Bertz CT molecular complexity index is 403. The molecule has 0 aromatic heterocycles. The molecule has 1 N–H and O–H groups in total. The SMILES string of the molecule is C[C@]1(O)CCCC[C@H]1[C@@H]1CCCN1C(=O)COC1CCCCC1. The summed E-state index contributed by atoms with van der Waals surface area (Å²) in [5.41, 5.74) is -0.615. The molecule has 3 rings (SSSR count). The van der Waals surface area contributed by atoms with Crippen molar-refractivity contribution in [3.63, 3.8) is 0 Å². The lowest BCUT2D eigenvalue weighted by atomic mass is 9.72. The molecule has 0 aromatic rings. The molecule has 0 radical (unpaired) electrons. The number of carbonyl (C=O) groups excluding carboxylic acids is 1. The minimum atomic E-state index is -0.615. The van der Waals surface area contributed by atoms with Crippen molar-refractivity contribution >= 4 is 5.91 Å². The van der Waals surface area contributed by atoms with Crippen molar-refractivity contribution in [2.75, 3.05) is 13.2 Å². The third-order valence-corrected chi connectivity index (χ3v) is 6.33. The van der Waals surface area contributed by atoms with E-state index in [1.165, 1.54) is 25.7 Å². The molecule has 0 unspecified atom stereocenters. The highest BCUT2D eigenvalue weighted by Gasteiger charge is 2.44. The molecule has 0 aromatic carbocycles. The lowest BCUT2D eigenvalue weighted by Gasteiger charge is -2.43. The predicted octanol–water partition coefficient (Wildman–Crippen LogP) is 3.27. The van der Waals surface area contributed by atoms with E-state index in [0.29, 0.717) is 0 Å². The van der Waals surface area contributed by atoms with E-state index in [4.69, 9.17) is 4.74 Å². The van der Waals surface area contributed by atoms with Crippen LogP contribution in [0, 0.1) is 5.92 Å². The van der Waals surface area contributed by atoms with Gasteiger partial charge in [0.15, 0.2) is 0 Å². The van der Waals surface area contributed by atoms with E-state index in [1.54, 1.807) is 0 Å². The summed E-state index contributed by atoms with van der Waals surface area (Å²) >= 11 is 0. The molecule has 4 heteroatoms. The number of ether oxygens (including phenoxy) is 1. The van der Waals surface area contributed by atoms with Gasteiger partial charge in [-0.15, -0.1) is 0 Å². The molecule has 2 saturated carbocycles. The molecule has 132 valence electrons. The zero-order chi connectivity index (χ0) is 16.3. The maximum atomic E-state index is 12.7. The second-order valence-electron chi connectivity index (χ2n) is 8.08.